The summed E-state index contributed by atoms with van der Waals surface area (Å²) in [6.45, 7) is 1.88. The first-order chi connectivity index (χ1) is 10.5. The molecule has 0 atom stereocenters. The van der Waals surface area contributed by atoms with E-state index in [0.717, 1.165) is 30.2 Å². The van der Waals surface area contributed by atoms with Gasteiger partial charge in [0.05, 0.1) is 23.8 Å². The highest BCUT2D eigenvalue weighted by atomic mass is 32.2. The third kappa shape index (κ3) is 4.62. The Kier molecular flexibility index (Phi) is 6.10. The summed E-state index contributed by atoms with van der Waals surface area (Å²) in [6, 6.07) is 6.55. The molecule has 1 aromatic carbocycles. The van der Waals surface area contributed by atoms with Crippen LogP contribution in [-0.4, -0.2) is 61.3 Å². The second-order valence-electron chi connectivity index (χ2n) is 4.96. The summed E-state index contributed by atoms with van der Waals surface area (Å²) in [7, 11) is -3.40. The Morgan fingerprint density at radius 3 is 2.50 bits per heavy atom. The van der Waals surface area contributed by atoms with Crippen LogP contribution in [0.3, 0.4) is 0 Å². The Morgan fingerprint density at radius 1 is 1.27 bits per heavy atom. The zero-order valence-corrected chi connectivity index (χ0v) is 13.9. The lowest BCUT2D eigenvalue weighted by Crippen LogP contribution is -2.42. The largest absolute Gasteiger partial charge is 0.395 e. The Bertz CT molecular complexity index is 609. The molecule has 0 unspecified atom stereocenters. The van der Waals surface area contributed by atoms with Crippen LogP contribution < -0.4 is 5.73 Å². The zero-order chi connectivity index (χ0) is 16.0. The zero-order valence-electron chi connectivity index (χ0n) is 12.3. The minimum atomic E-state index is -3.40. The van der Waals surface area contributed by atoms with Gasteiger partial charge in [-0.15, -0.1) is 0 Å². The van der Waals surface area contributed by atoms with Crippen LogP contribution in [0.15, 0.2) is 34.2 Å². The number of rotatable bonds is 5. The minimum Gasteiger partial charge on any atom is -0.395 e. The van der Waals surface area contributed by atoms with Gasteiger partial charge in [0.15, 0.2) is 15.8 Å². The molecule has 0 radical (unpaired) electrons. The van der Waals surface area contributed by atoms with Gasteiger partial charge in [0.25, 0.3) is 0 Å². The van der Waals surface area contributed by atoms with Crippen molar-refractivity contribution < 1.29 is 13.5 Å². The summed E-state index contributed by atoms with van der Waals surface area (Å²) < 4.78 is 23.6. The van der Waals surface area contributed by atoms with Gasteiger partial charge in [0.2, 0.25) is 0 Å². The van der Waals surface area contributed by atoms with Crippen molar-refractivity contribution >= 4 is 27.6 Å². The van der Waals surface area contributed by atoms with Crippen molar-refractivity contribution in [2.24, 2.45) is 10.7 Å². The molecule has 0 spiro atoms. The first-order valence-corrected chi connectivity index (χ1v) is 9.89. The van der Waals surface area contributed by atoms with Crippen LogP contribution in [0.2, 0.25) is 0 Å². The Balaban J connectivity index is 1.99. The fourth-order valence-electron chi connectivity index (χ4n) is 2.10. The van der Waals surface area contributed by atoms with Crippen molar-refractivity contribution in [1.82, 2.24) is 4.90 Å². The first-order valence-electron chi connectivity index (χ1n) is 7.08. The summed E-state index contributed by atoms with van der Waals surface area (Å²) in [6.07, 6.45) is 0. The molecule has 1 aliphatic rings. The topological polar surface area (TPSA) is 96.0 Å². The summed E-state index contributed by atoms with van der Waals surface area (Å²) in [4.78, 5) is 6.65. The summed E-state index contributed by atoms with van der Waals surface area (Å²) >= 11 is 1.91. The van der Waals surface area contributed by atoms with Crippen molar-refractivity contribution in [1.29, 1.82) is 0 Å². The third-order valence-electron chi connectivity index (χ3n) is 3.40. The van der Waals surface area contributed by atoms with Gasteiger partial charge >= 0.3 is 0 Å². The number of aliphatic hydroxyl groups is 1. The fourth-order valence-corrected chi connectivity index (χ4v) is 4.03. The molecule has 6 nitrogen and oxygen atoms in total. The first kappa shape index (κ1) is 17.1. The van der Waals surface area contributed by atoms with Crippen LogP contribution >= 0.6 is 11.8 Å². The summed E-state index contributed by atoms with van der Waals surface area (Å²) in [5.41, 5.74) is 6.88. The Labute approximate surface area is 135 Å². The molecular formula is C14H21N3O3S2. The molecule has 0 aromatic heterocycles. The predicted molar refractivity (Wildman–Crippen MR) is 89.8 cm³/mol. The average Bonchev–Trinajstić information content (AvgIpc) is 2.54. The van der Waals surface area contributed by atoms with E-state index in [-0.39, 0.29) is 17.3 Å². The van der Waals surface area contributed by atoms with E-state index in [1.54, 1.807) is 24.3 Å². The van der Waals surface area contributed by atoms with Crippen molar-refractivity contribution in [3.63, 3.8) is 0 Å². The third-order valence-corrected chi connectivity index (χ3v) is 6.05. The van der Waals surface area contributed by atoms with Crippen molar-refractivity contribution in [2.45, 2.75) is 11.4 Å². The van der Waals surface area contributed by atoms with Crippen LogP contribution in [0.25, 0.3) is 0 Å². The van der Waals surface area contributed by atoms with Gasteiger partial charge in [-0.1, -0.05) is 12.1 Å². The van der Waals surface area contributed by atoms with Crippen molar-refractivity contribution in [2.75, 3.05) is 37.0 Å². The molecule has 0 amide bonds. The van der Waals surface area contributed by atoms with Crippen LogP contribution in [0.5, 0.6) is 0 Å². The van der Waals surface area contributed by atoms with Crippen LogP contribution in [-0.2, 0) is 16.4 Å². The smallest absolute Gasteiger partial charge is 0.191 e. The highest BCUT2D eigenvalue weighted by molar-refractivity contribution is 7.99. The van der Waals surface area contributed by atoms with E-state index in [2.05, 4.69) is 9.89 Å². The molecular weight excluding hydrogens is 322 g/mol. The molecule has 122 valence electrons. The molecule has 1 fully saturated rings. The van der Waals surface area contributed by atoms with Crippen molar-refractivity contribution in [3.8, 4) is 0 Å². The molecule has 1 heterocycles. The van der Waals surface area contributed by atoms with Gasteiger partial charge in [-0.05, 0) is 17.7 Å². The SMILES string of the molecule is NC(=NCc1ccc(S(=O)(=O)CCO)cc1)N1CCSCC1. The highest BCUT2D eigenvalue weighted by Crippen LogP contribution is 2.13. The van der Waals surface area contributed by atoms with E-state index >= 15 is 0 Å². The van der Waals surface area contributed by atoms with E-state index in [1.807, 2.05) is 11.8 Å². The minimum absolute atomic E-state index is 0.218. The number of aliphatic hydroxyl groups excluding tert-OH is 1. The van der Waals surface area contributed by atoms with Crippen LogP contribution in [0.4, 0.5) is 0 Å². The highest BCUT2D eigenvalue weighted by Gasteiger charge is 2.14. The second-order valence-corrected chi connectivity index (χ2v) is 8.29. The van der Waals surface area contributed by atoms with Gasteiger partial charge < -0.3 is 15.7 Å². The molecule has 8 heteroatoms. The predicted octanol–water partition coefficient (Wildman–Crippen LogP) is 0.316. The van der Waals surface area contributed by atoms with E-state index in [1.165, 1.54) is 0 Å². The Hall–Kier alpha value is -1.25. The molecule has 3 N–H and O–H groups in total. The molecule has 0 bridgehead atoms. The summed E-state index contributed by atoms with van der Waals surface area (Å²) in [5.74, 6) is 2.41. The lowest BCUT2D eigenvalue weighted by Gasteiger charge is -2.27. The maximum absolute atomic E-state index is 11.8. The lowest BCUT2D eigenvalue weighted by molar-refractivity contribution is 0.319. The molecule has 1 aliphatic heterocycles. The van der Waals surface area contributed by atoms with E-state index < -0.39 is 9.84 Å². The molecule has 1 saturated heterocycles. The molecule has 0 aliphatic carbocycles. The number of hydrogen-bond donors (Lipinski definition) is 2. The fraction of sp³-hybridized carbons (Fsp3) is 0.500. The van der Waals surface area contributed by atoms with E-state index in [9.17, 15) is 8.42 Å². The lowest BCUT2D eigenvalue weighted by atomic mass is 10.2. The van der Waals surface area contributed by atoms with Gasteiger partial charge in [-0.25, -0.2) is 13.4 Å². The number of guanidine groups is 1. The van der Waals surface area contributed by atoms with Gasteiger partial charge in [0, 0.05) is 24.6 Å². The van der Waals surface area contributed by atoms with Crippen LogP contribution in [0.1, 0.15) is 5.56 Å². The number of thioether (sulfide) groups is 1. The normalized spacial score (nSPS) is 16.8. The van der Waals surface area contributed by atoms with Gasteiger partial charge in [0.1, 0.15) is 0 Å². The van der Waals surface area contributed by atoms with E-state index in [4.69, 9.17) is 10.8 Å². The summed E-state index contributed by atoms with van der Waals surface area (Å²) in [5, 5.41) is 8.77. The average molecular weight is 343 g/mol. The number of nitrogens with zero attached hydrogens (tertiary/aromatic N) is 2. The number of sulfone groups is 1. The number of hydrogen-bond acceptors (Lipinski definition) is 5. The van der Waals surface area contributed by atoms with E-state index in [0.29, 0.717) is 12.5 Å². The van der Waals surface area contributed by atoms with Crippen LogP contribution in [0, 0.1) is 0 Å². The standard InChI is InChI=1S/C14H21N3O3S2/c15-14(17-5-8-21-9-6-17)16-11-12-1-3-13(4-2-12)22(19,20)10-7-18/h1-4,18H,5-11H2,(H2,15,16). The molecule has 2 rings (SSSR count). The van der Waals surface area contributed by atoms with Gasteiger partial charge in [-0.2, -0.15) is 11.8 Å². The number of aliphatic imine (C=N–C) groups is 1. The quantitative estimate of drug-likeness (QED) is 0.590. The Morgan fingerprint density at radius 2 is 1.91 bits per heavy atom. The number of benzene rings is 1. The molecule has 0 saturated carbocycles. The molecule has 1 aromatic rings. The number of nitrogens with two attached hydrogens (primary N) is 1. The maximum Gasteiger partial charge on any atom is 0.191 e. The van der Waals surface area contributed by atoms with Gasteiger partial charge in [-0.3, -0.25) is 0 Å². The maximum atomic E-state index is 11.8. The monoisotopic (exact) mass is 343 g/mol. The molecule has 22 heavy (non-hydrogen) atoms. The second kappa shape index (κ2) is 7.85. The van der Waals surface area contributed by atoms with Crippen molar-refractivity contribution in [3.05, 3.63) is 29.8 Å².